The van der Waals surface area contributed by atoms with Crippen molar-refractivity contribution in [1.29, 1.82) is 5.26 Å². The molecule has 0 atom stereocenters. The zero-order chi connectivity index (χ0) is 32.4. The fourth-order valence-corrected chi connectivity index (χ4v) is 4.60. The number of nitrogens with one attached hydrogen (secondary N) is 2. The lowest BCUT2D eigenvalue weighted by Crippen LogP contribution is -2.29. The fraction of sp³-hybridized carbons (Fsp3) is 0.312. The minimum absolute atomic E-state index is 0.258. The molecule has 0 fully saturated rings. The number of carbonyl (C=O) groups is 1. The summed E-state index contributed by atoms with van der Waals surface area (Å²) >= 11 is 0. The average molecular weight is 605 g/mol. The predicted octanol–water partition coefficient (Wildman–Crippen LogP) is 5.61. The lowest BCUT2D eigenvalue weighted by molar-refractivity contribution is -0.104. The third kappa shape index (κ3) is 8.29. The number of nitrogens with zero attached hydrogens (tertiary/aromatic N) is 6. The lowest BCUT2D eigenvalue weighted by Gasteiger charge is -2.26. The molecular weight excluding hydrogens is 566 g/mol. The number of anilines is 4. The number of aryl methyl sites for hydroxylation is 2. The van der Waals surface area contributed by atoms with E-state index in [-0.39, 0.29) is 11.7 Å². The molecule has 0 saturated heterocycles. The summed E-state index contributed by atoms with van der Waals surface area (Å²) in [6, 6.07) is 11.4. The van der Waals surface area contributed by atoms with Crippen LogP contribution in [0.4, 0.5) is 31.8 Å². The number of nitriles is 1. The van der Waals surface area contributed by atoms with E-state index in [1.807, 2.05) is 62.9 Å². The van der Waals surface area contributed by atoms with Crippen molar-refractivity contribution >= 4 is 40.2 Å². The molecule has 0 amide bonds. The van der Waals surface area contributed by atoms with Crippen LogP contribution in [0.5, 0.6) is 5.75 Å². The highest BCUT2D eigenvalue weighted by molar-refractivity contribution is 5.92. The molecule has 4 rings (SSSR count). The molecule has 4 aromatic rings. The zero-order valence-corrected chi connectivity index (χ0v) is 25.9. The summed E-state index contributed by atoms with van der Waals surface area (Å²) in [6.45, 7) is 5.91. The van der Waals surface area contributed by atoms with Gasteiger partial charge in [0.15, 0.2) is 0 Å². The molecular formula is C32H38F2N8O2. The molecule has 0 saturated carbocycles. The van der Waals surface area contributed by atoms with Crippen LogP contribution < -0.4 is 20.3 Å². The van der Waals surface area contributed by atoms with Gasteiger partial charge in [-0.05, 0) is 56.9 Å². The molecule has 0 bridgehead atoms. The van der Waals surface area contributed by atoms with Crippen LogP contribution >= 0.6 is 0 Å². The molecule has 44 heavy (non-hydrogen) atoms. The van der Waals surface area contributed by atoms with Gasteiger partial charge in [-0.25, -0.2) is 18.7 Å². The first-order valence-corrected chi connectivity index (χ1v) is 13.8. The predicted molar refractivity (Wildman–Crippen MR) is 172 cm³/mol. The van der Waals surface area contributed by atoms with Crippen LogP contribution in [0.2, 0.25) is 0 Å². The van der Waals surface area contributed by atoms with E-state index in [0.717, 1.165) is 46.5 Å². The number of alkyl halides is 2. The van der Waals surface area contributed by atoms with Crippen LogP contribution in [0, 0.1) is 18.3 Å². The van der Waals surface area contributed by atoms with Gasteiger partial charge in [-0.1, -0.05) is 6.58 Å². The van der Waals surface area contributed by atoms with E-state index in [9.17, 15) is 14.0 Å². The summed E-state index contributed by atoms with van der Waals surface area (Å²) in [5, 5.41) is 17.1. The van der Waals surface area contributed by atoms with Gasteiger partial charge in [0.2, 0.25) is 5.95 Å². The smallest absolute Gasteiger partial charge is 0.272 e. The van der Waals surface area contributed by atoms with Crippen LogP contribution in [-0.2, 0) is 11.8 Å². The van der Waals surface area contributed by atoms with Crippen molar-refractivity contribution in [3.63, 3.8) is 0 Å². The third-order valence-corrected chi connectivity index (χ3v) is 6.72. The third-order valence-electron chi connectivity index (χ3n) is 6.72. The number of aromatic nitrogens is 3. The first-order chi connectivity index (χ1) is 21.0. The summed E-state index contributed by atoms with van der Waals surface area (Å²) in [6.07, 6.45) is 2.81. The van der Waals surface area contributed by atoms with Gasteiger partial charge in [0.25, 0.3) is 6.43 Å². The maximum atomic E-state index is 13.1. The van der Waals surface area contributed by atoms with Crippen LogP contribution in [0.3, 0.4) is 0 Å². The highest BCUT2D eigenvalue weighted by Gasteiger charge is 2.18. The molecule has 12 heteroatoms. The Hall–Kier alpha value is -5.02. The highest BCUT2D eigenvalue weighted by Crippen LogP contribution is 2.38. The lowest BCUT2D eigenvalue weighted by atomic mass is 10.0. The highest BCUT2D eigenvalue weighted by atomic mass is 19.3. The number of ether oxygens (including phenoxy) is 1. The van der Waals surface area contributed by atoms with Crippen molar-refractivity contribution in [3.05, 3.63) is 66.5 Å². The van der Waals surface area contributed by atoms with E-state index in [0.29, 0.717) is 23.2 Å². The molecule has 2 N–H and O–H groups in total. The molecule has 0 spiro atoms. The van der Waals surface area contributed by atoms with Crippen molar-refractivity contribution in [3.8, 4) is 23.1 Å². The zero-order valence-electron chi connectivity index (χ0n) is 25.9. The second-order valence-electron chi connectivity index (χ2n) is 10.3. The minimum Gasteiger partial charge on any atom is -0.485 e. The van der Waals surface area contributed by atoms with Gasteiger partial charge in [0, 0.05) is 63.6 Å². The Kier molecular flexibility index (Phi) is 11.8. The molecule has 232 valence electrons. The maximum Gasteiger partial charge on any atom is 0.272 e. The van der Waals surface area contributed by atoms with Gasteiger partial charge in [-0.2, -0.15) is 5.26 Å². The van der Waals surface area contributed by atoms with Gasteiger partial charge >= 0.3 is 0 Å². The number of likely N-dealkylation sites (N-methyl/N-ethyl adjacent to an activating group) is 2. The van der Waals surface area contributed by atoms with Crippen molar-refractivity contribution in [1.82, 2.24) is 19.4 Å². The van der Waals surface area contributed by atoms with E-state index in [1.165, 1.54) is 6.08 Å². The van der Waals surface area contributed by atoms with Crippen molar-refractivity contribution in [2.24, 2.45) is 7.05 Å². The van der Waals surface area contributed by atoms with Crippen LogP contribution in [0.25, 0.3) is 22.2 Å². The topological polar surface area (TPSA) is 111 Å². The summed E-state index contributed by atoms with van der Waals surface area (Å²) in [7, 11) is 9.64. The number of hydrogen-bond acceptors (Lipinski definition) is 9. The number of rotatable bonds is 12. The van der Waals surface area contributed by atoms with Crippen molar-refractivity contribution in [2.75, 3.05) is 63.4 Å². The van der Waals surface area contributed by atoms with Crippen molar-refractivity contribution < 1.29 is 18.3 Å². The normalized spacial score (nSPS) is 10.7. The number of halogens is 2. The number of allylic oxidation sites excluding steroid dienone is 1. The Balaban J connectivity index is 0.00000124. The molecule has 0 radical (unpaired) electrons. The van der Waals surface area contributed by atoms with E-state index in [1.54, 1.807) is 31.4 Å². The molecule has 2 aromatic carbocycles. The fourth-order valence-electron chi connectivity index (χ4n) is 4.60. The summed E-state index contributed by atoms with van der Waals surface area (Å²) in [5.41, 5.74) is 5.89. The maximum absolute atomic E-state index is 13.1. The second-order valence-corrected chi connectivity index (χ2v) is 10.3. The first kappa shape index (κ1) is 33.5. The van der Waals surface area contributed by atoms with E-state index in [4.69, 9.17) is 9.53 Å². The molecule has 10 nitrogen and oxygen atoms in total. The Bertz CT molecular complexity index is 1640. The Morgan fingerprint density at radius 1 is 1.18 bits per heavy atom. The number of fused-ring (bicyclic) bond motifs is 1. The molecule has 0 unspecified atom stereocenters. The van der Waals surface area contributed by atoms with Gasteiger partial charge in [-0.15, -0.1) is 0 Å². The second kappa shape index (κ2) is 15.5. The van der Waals surface area contributed by atoms with E-state index < -0.39 is 13.0 Å². The molecule has 0 aliphatic rings. The number of carbonyl (C=O) groups excluding carboxylic acids is 1. The van der Waals surface area contributed by atoms with E-state index in [2.05, 4.69) is 38.1 Å². The molecule has 0 aliphatic heterocycles. The summed E-state index contributed by atoms with van der Waals surface area (Å²) < 4.78 is 33.7. The number of benzene rings is 2. The van der Waals surface area contributed by atoms with Gasteiger partial charge in [0.05, 0.1) is 33.8 Å². The van der Waals surface area contributed by atoms with Crippen LogP contribution in [0.15, 0.2) is 55.4 Å². The van der Waals surface area contributed by atoms with Crippen molar-refractivity contribution in [2.45, 2.75) is 13.3 Å². The summed E-state index contributed by atoms with van der Waals surface area (Å²) in [4.78, 5) is 22.2. The number of hydrogen-bond donors (Lipinski definition) is 2. The standard InChI is InChI=1S/C29H34F2N8O.C3H4O/c1-18-16-39(6)28-20(15-32)11-19(12-21(18)28)22-7-8-34-29(35-22)36-24-13-23(33-2)25(38(5)10-9-37(3)4)14-26(24)40-17-27(30)31;1-2-3-4/h7-8,11-14,16,27,33H,9-10,17H2,1-6H3,(H,34,35,36);2-3H,1H2. The van der Waals surface area contributed by atoms with Gasteiger partial charge in [-0.3, -0.25) is 4.79 Å². The molecule has 2 heterocycles. The quantitative estimate of drug-likeness (QED) is 0.157. The number of aldehydes is 1. The molecule has 2 aromatic heterocycles. The van der Waals surface area contributed by atoms with Gasteiger partial charge < -0.3 is 29.7 Å². The van der Waals surface area contributed by atoms with Gasteiger partial charge in [0.1, 0.15) is 24.7 Å². The first-order valence-electron chi connectivity index (χ1n) is 13.8. The SMILES string of the molecule is C=CC=O.CNc1cc(Nc2nccc(-c3cc(C#N)c4c(c3)c(C)cn4C)n2)c(OCC(F)F)cc1N(C)CCN(C)C. The minimum atomic E-state index is -2.63. The Labute approximate surface area is 256 Å². The van der Waals surface area contributed by atoms with Crippen LogP contribution in [-0.4, -0.2) is 80.0 Å². The molecule has 0 aliphatic carbocycles. The Morgan fingerprint density at radius 2 is 1.91 bits per heavy atom. The summed E-state index contributed by atoms with van der Waals surface area (Å²) in [5.74, 6) is 0.520. The average Bonchev–Trinajstić information content (AvgIpc) is 3.31. The van der Waals surface area contributed by atoms with Crippen LogP contribution in [0.1, 0.15) is 11.1 Å². The van der Waals surface area contributed by atoms with E-state index >= 15 is 0 Å². The monoisotopic (exact) mass is 604 g/mol. The Morgan fingerprint density at radius 3 is 2.52 bits per heavy atom. The largest absolute Gasteiger partial charge is 0.485 e.